The normalized spacial score (nSPS) is 11.1. The van der Waals surface area contributed by atoms with Crippen LogP contribution >= 0.6 is 0 Å². The van der Waals surface area contributed by atoms with Crippen LogP contribution in [0.25, 0.3) is 0 Å². The van der Waals surface area contributed by atoms with Crippen molar-refractivity contribution in [3.63, 3.8) is 0 Å². The summed E-state index contributed by atoms with van der Waals surface area (Å²) >= 11 is 0. The number of hydrogen-bond acceptors (Lipinski definition) is 2. The lowest BCUT2D eigenvalue weighted by molar-refractivity contribution is 0.0685. The van der Waals surface area contributed by atoms with Crippen molar-refractivity contribution in [2.24, 2.45) is 0 Å². The zero-order valence-corrected chi connectivity index (χ0v) is 14.1. The molecule has 0 unspecified atom stereocenters. The molecule has 0 radical (unpaired) electrons. The van der Waals surface area contributed by atoms with Gasteiger partial charge in [0.1, 0.15) is 0 Å². The highest BCUT2D eigenvalue weighted by atomic mass is 16.5. The highest BCUT2D eigenvalue weighted by Crippen LogP contribution is 2.12. The molecule has 0 aliphatic carbocycles. The molecule has 0 aromatic rings. The summed E-state index contributed by atoms with van der Waals surface area (Å²) in [6, 6.07) is 0. The van der Waals surface area contributed by atoms with Gasteiger partial charge in [-0.05, 0) is 6.42 Å². The molecule has 2 nitrogen and oxygen atoms in total. The monoisotopic (exact) mass is 286 g/mol. The average molecular weight is 286 g/mol. The Balaban J connectivity index is 2.89. The first kappa shape index (κ1) is 19.9. The minimum absolute atomic E-state index is 0.721. The summed E-state index contributed by atoms with van der Waals surface area (Å²) in [5.74, 6) is 0. The van der Waals surface area contributed by atoms with Gasteiger partial charge < -0.3 is 9.47 Å². The molecule has 0 fully saturated rings. The van der Waals surface area contributed by atoms with E-state index in [0.717, 1.165) is 19.8 Å². The van der Waals surface area contributed by atoms with Gasteiger partial charge in [0.2, 0.25) is 0 Å². The summed E-state index contributed by atoms with van der Waals surface area (Å²) in [5.41, 5.74) is 0. The number of unbranched alkanes of at least 4 members (excludes halogenated alkanes) is 12. The van der Waals surface area contributed by atoms with Crippen LogP contribution in [0.1, 0.15) is 90.4 Å². The fourth-order valence-electron chi connectivity index (χ4n) is 2.47. The smallest absolute Gasteiger partial charge is 0.0700 e. The first-order chi connectivity index (χ1) is 9.91. The Morgan fingerprint density at radius 3 is 1.40 bits per heavy atom. The van der Waals surface area contributed by atoms with Gasteiger partial charge in [0.25, 0.3) is 0 Å². The van der Waals surface area contributed by atoms with Crippen LogP contribution in [-0.2, 0) is 9.47 Å². The summed E-state index contributed by atoms with van der Waals surface area (Å²) in [7, 11) is 1.72. The molecular weight excluding hydrogens is 248 g/mol. The van der Waals surface area contributed by atoms with E-state index in [1.165, 1.54) is 83.5 Å². The SMILES string of the molecule is CCCCCCCCCCCCCCCOCCOC. The van der Waals surface area contributed by atoms with E-state index >= 15 is 0 Å². The number of rotatable bonds is 17. The Morgan fingerprint density at radius 2 is 0.950 bits per heavy atom. The quantitative estimate of drug-likeness (QED) is 0.317. The van der Waals surface area contributed by atoms with Crippen LogP contribution in [0.15, 0.2) is 0 Å². The lowest BCUT2D eigenvalue weighted by Crippen LogP contribution is -2.02. The van der Waals surface area contributed by atoms with Crippen molar-refractivity contribution in [2.45, 2.75) is 90.4 Å². The topological polar surface area (TPSA) is 18.5 Å². The molecule has 2 heteroatoms. The Kier molecular flexibility index (Phi) is 18.8. The Hall–Kier alpha value is -0.0800. The van der Waals surface area contributed by atoms with Crippen LogP contribution in [0.4, 0.5) is 0 Å². The fraction of sp³-hybridized carbons (Fsp3) is 1.00. The maximum atomic E-state index is 5.45. The van der Waals surface area contributed by atoms with Gasteiger partial charge in [-0.2, -0.15) is 0 Å². The molecule has 0 aromatic heterocycles. The van der Waals surface area contributed by atoms with Gasteiger partial charge in [-0.1, -0.05) is 84.0 Å². The third kappa shape index (κ3) is 17.9. The molecule has 0 bridgehead atoms. The van der Waals surface area contributed by atoms with Crippen molar-refractivity contribution in [2.75, 3.05) is 26.9 Å². The molecule has 0 aliphatic rings. The van der Waals surface area contributed by atoms with Gasteiger partial charge in [0.15, 0.2) is 0 Å². The average Bonchev–Trinajstić information content (AvgIpc) is 2.47. The summed E-state index contributed by atoms with van der Waals surface area (Å²) < 4.78 is 10.4. The van der Waals surface area contributed by atoms with E-state index in [0.29, 0.717) is 0 Å². The van der Waals surface area contributed by atoms with Gasteiger partial charge in [0, 0.05) is 13.7 Å². The molecule has 0 aromatic carbocycles. The van der Waals surface area contributed by atoms with E-state index in [9.17, 15) is 0 Å². The molecule has 0 spiro atoms. The Bertz CT molecular complexity index is 141. The van der Waals surface area contributed by atoms with Crippen LogP contribution < -0.4 is 0 Å². The number of ether oxygens (including phenoxy) is 2. The lowest BCUT2D eigenvalue weighted by Gasteiger charge is -2.04. The third-order valence-electron chi connectivity index (χ3n) is 3.82. The first-order valence-electron chi connectivity index (χ1n) is 8.98. The molecule has 0 amide bonds. The number of hydrogen-bond donors (Lipinski definition) is 0. The summed E-state index contributed by atoms with van der Waals surface area (Å²) in [4.78, 5) is 0. The van der Waals surface area contributed by atoms with Gasteiger partial charge in [0.05, 0.1) is 13.2 Å². The van der Waals surface area contributed by atoms with Gasteiger partial charge in [-0.3, -0.25) is 0 Å². The van der Waals surface area contributed by atoms with Crippen LogP contribution in [0.5, 0.6) is 0 Å². The van der Waals surface area contributed by atoms with Crippen LogP contribution in [0.2, 0.25) is 0 Å². The molecule has 0 saturated carbocycles. The van der Waals surface area contributed by atoms with Crippen molar-refractivity contribution < 1.29 is 9.47 Å². The van der Waals surface area contributed by atoms with E-state index in [4.69, 9.17) is 9.47 Å². The second-order valence-corrected chi connectivity index (χ2v) is 5.85. The zero-order valence-electron chi connectivity index (χ0n) is 14.1. The van der Waals surface area contributed by atoms with E-state index < -0.39 is 0 Å². The predicted molar refractivity (Wildman–Crippen MR) is 88.4 cm³/mol. The highest BCUT2D eigenvalue weighted by molar-refractivity contribution is 4.48. The van der Waals surface area contributed by atoms with E-state index in [2.05, 4.69) is 6.92 Å². The second kappa shape index (κ2) is 18.9. The zero-order chi connectivity index (χ0) is 14.7. The van der Waals surface area contributed by atoms with Crippen LogP contribution in [-0.4, -0.2) is 26.9 Å². The van der Waals surface area contributed by atoms with Crippen LogP contribution in [0.3, 0.4) is 0 Å². The molecule has 0 atom stereocenters. The van der Waals surface area contributed by atoms with Gasteiger partial charge in [-0.25, -0.2) is 0 Å². The molecule has 0 aliphatic heterocycles. The molecular formula is C18H38O2. The van der Waals surface area contributed by atoms with E-state index in [1.807, 2.05) is 0 Å². The Morgan fingerprint density at radius 1 is 0.500 bits per heavy atom. The predicted octanol–water partition coefficient (Wildman–Crippen LogP) is 5.74. The summed E-state index contributed by atoms with van der Waals surface area (Å²) in [6.45, 7) is 4.65. The highest BCUT2D eigenvalue weighted by Gasteiger charge is 1.94. The van der Waals surface area contributed by atoms with E-state index in [1.54, 1.807) is 7.11 Å². The minimum atomic E-state index is 0.721. The summed E-state index contributed by atoms with van der Waals surface area (Å²) in [6.07, 6.45) is 18.2. The molecule has 0 N–H and O–H groups in total. The number of methoxy groups -OCH3 is 1. The lowest BCUT2D eigenvalue weighted by atomic mass is 10.0. The molecule has 0 heterocycles. The molecule has 20 heavy (non-hydrogen) atoms. The van der Waals surface area contributed by atoms with E-state index in [-0.39, 0.29) is 0 Å². The first-order valence-corrected chi connectivity index (χ1v) is 8.98. The van der Waals surface area contributed by atoms with Gasteiger partial charge in [-0.15, -0.1) is 0 Å². The minimum Gasteiger partial charge on any atom is -0.382 e. The summed E-state index contributed by atoms with van der Waals surface area (Å²) in [5, 5.41) is 0. The van der Waals surface area contributed by atoms with Crippen molar-refractivity contribution in [1.29, 1.82) is 0 Å². The maximum Gasteiger partial charge on any atom is 0.0700 e. The Labute approximate surface area is 127 Å². The standard InChI is InChI=1S/C18H38O2/c1-3-4-5-6-7-8-9-10-11-12-13-14-15-16-20-18-17-19-2/h3-18H2,1-2H3. The molecule has 0 saturated heterocycles. The van der Waals surface area contributed by atoms with Gasteiger partial charge >= 0.3 is 0 Å². The molecule has 122 valence electrons. The van der Waals surface area contributed by atoms with Crippen molar-refractivity contribution in [3.8, 4) is 0 Å². The largest absolute Gasteiger partial charge is 0.382 e. The van der Waals surface area contributed by atoms with Crippen LogP contribution in [0, 0.1) is 0 Å². The molecule has 0 rings (SSSR count). The van der Waals surface area contributed by atoms with Crippen molar-refractivity contribution in [1.82, 2.24) is 0 Å². The van der Waals surface area contributed by atoms with Crippen molar-refractivity contribution in [3.05, 3.63) is 0 Å². The van der Waals surface area contributed by atoms with Crippen molar-refractivity contribution >= 4 is 0 Å². The third-order valence-corrected chi connectivity index (χ3v) is 3.82. The second-order valence-electron chi connectivity index (χ2n) is 5.85. The maximum absolute atomic E-state index is 5.45. The fourth-order valence-corrected chi connectivity index (χ4v) is 2.47.